The summed E-state index contributed by atoms with van der Waals surface area (Å²) in [4.78, 5) is 45.8. The molecule has 168 valence electrons. The molecule has 1 aromatic carbocycles. The minimum atomic E-state index is -0.463. The topological polar surface area (TPSA) is 104 Å². The smallest absolute Gasteiger partial charge is 0.325 e. The van der Waals surface area contributed by atoms with Crippen LogP contribution in [-0.2, 0) is 14.3 Å². The van der Waals surface area contributed by atoms with Gasteiger partial charge in [0, 0.05) is 35.5 Å². The van der Waals surface area contributed by atoms with E-state index in [1.165, 1.54) is 17.4 Å². The summed E-state index contributed by atoms with van der Waals surface area (Å²) in [6, 6.07) is 6.41. The summed E-state index contributed by atoms with van der Waals surface area (Å²) in [7, 11) is 0. The van der Waals surface area contributed by atoms with Crippen molar-refractivity contribution < 1.29 is 18.7 Å². The van der Waals surface area contributed by atoms with Gasteiger partial charge in [0.1, 0.15) is 17.1 Å². The highest BCUT2D eigenvalue weighted by atomic mass is 32.1. The summed E-state index contributed by atoms with van der Waals surface area (Å²) in [6.07, 6.45) is 1.11. The largest absolute Gasteiger partial charge is 0.465 e. The number of thiophene rings is 1. The molecule has 1 saturated heterocycles. The number of carbonyl (C=O) groups excluding carboxylic acids is 2. The van der Waals surface area contributed by atoms with Gasteiger partial charge in [-0.05, 0) is 25.8 Å². The third-order valence-corrected chi connectivity index (χ3v) is 6.42. The zero-order chi connectivity index (χ0) is 22.7. The number of anilines is 1. The maximum Gasteiger partial charge on any atom is 0.325 e. The monoisotopic (exact) mass is 458 g/mol. The molecule has 32 heavy (non-hydrogen) atoms. The summed E-state index contributed by atoms with van der Waals surface area (Å²) in [6.45, 7) is 2.87. The molecule has 10 heteroatoms. The molecule has 0 spiro atoms. The highest BCUT2D eigenvalue weighted by molar-refractivity contribution is 7.17. The molecular formula is C22H23FN4O4S. The van der Waals surface area contributed by atoms with E-state index in [0.29, 0.717) is 53.2 Å². The number of ether oxygens (including phenoxy) is 1. The fraction of sp³-hybridized carbons (Fsp3) is 0.364. The molecule has 2 N–H and O–H groups in total. The van der Waals surface area contributed by atoms with Gasteiger partial charge in [-0.2, -0.15) is 0 Å². The van der Waals surface area contributed by atoms with Crippen LogP contribution in [0.1, 0.15) is 19.8 Å². The number of aromatic nitrogens is 2. The SMILES string of the molecule is CCOC(=O)CNC(=O)C1CCN(c2nc3c(-c4ccccc4F)csc3c(=O)[nH]2)CC1. The number of esters is 1. The Hall–Kier alpha value is -3.27. The summed E-state index contributed by atoms with van der Waals surface area (Å²) >= 11 is 1.23. The lowest BCUT2D eigenvalue weighted by Gasteiger charge is -2.31. The van der Waals surface area contributed by atoms with E-state index < -0.39 is 5.97 Å². The lowest BCUT2D eigenvalue weighted by atomic mass is 9.96. The number of nitrogens with one attached hydrogen (secondary N) is 2. The average Bonchev–Trinajstić information content (AvgIpc) is 3.22. The van der Waals surface area contributed by atoms with E-state index in [1.807, 2.05) is 4.90 Å². The van der Waals surface area contributed by atoms with E-state index in [2.05, 4.69) is 15.3 Å². The van der Waals surface area contributed by atoms with E-state index in [9.17, 15) is 18.8 Å². The van der Waals surface area contributed by atoms with Gasteiger partial charge in [-0.1, -0.05) is 18.2 Å². The van der Waals surface area contributed by atoms with Gasteiger partial charge in [-0.3, -0.25) is 19.4 Å². The van der Waals surface area contributed by atoms with E-state index >= 15 is 0 Å². The number of halogens is 1. The number of piperidine rings is 1. The number of hydrogen-bond acceptors (Lipinski definition) is 7. The Balaban J connectivity index is 1.49. The minimum Gasteiger partial charge on any atom is -0.465 e. The predicted molar refractivity (Wildman–Crippen MR) is 120 cm³/mol. The molecule has 3 heterocycles. The van der Waals surface area contributed by atoms with Crippen molar-refractivity contribution in [1.82, 2.24) is 15.3 Å². The third-order valence-electron chi connectivity index (χ3n) is 5.46. The first-order chi connectivity index (χ1) is 15.5. The fourth-order valence-electron chi connectivity index (χ4n) is 3.81. The molecule has 4 rings (SSSR count). The Kier molecular flexibility index (Phi) is 6.50. The van der Waals surface area contributed by atoms with Crippen molar-refractivity contribution in [1.29, 1.82) is 0 Å². The Morgan fingerprint density at radius 3 is 2.75 bits per heavy atom. The normalized spacial score (nSPS) is 14.5. The molecule has 1 aliphatic rings. The van der Waals surface area contributed by atoms with Gasteiger partial charge in [-0.25, -0.2) is 9.37 Å². The van der Waals surface area contributed by atoms with Crippen LogP contribution < -0.4 is 15.8 Å². The number of nitrogens with zero attached hydrogens (tertiary/aromatic N) is 2. The zero-order valence-electron chi connectivity index (χ0n) is 17.5. The van der Waals surface area contributed by atoms with Crippen molar-refractivity contribution in [3.8, 4) is 11.1 Å². The van der Waals surface area contributed by atoms with Gasteiger partial charge >= 0.3 is 5.97 Å². The van der Waals surface area contributed by atoms with Gasteiger partial charge in [0.25, 0.3) is 5.56 Å². The molecular weight excluding hydrogens is 435 g/mol. The number of hydrogen-bond donors (Lipinski definition) is 2. The third kappa shape index (κ3) is 4.50. The number of benzene rings is 1. The van der Waals surface area contributed by atoms with Crippen LogP contribution in [0.3, 0.4) is 0 Å². The van der Waals surface area contributed by atoms with Gasteiger partial charge in [0.2, 0.25) is 11.9 Å². The number of rotatable bonds is 6. The van der Waals surface area contributed by atoms with Crippen molar-refractivity contribution >= 4 is 39.4 Å². The first-order valence-corrected chi connectivity index (χ1v) is 11.3. The maximum atomic E-state index is 14.3. The molecule has 0 radical (unpaired) electrons. The van der Waals surface area contributed by atoms with Crippen LogP contribution >= 0.6 is 11.3 Å². The molecule has 2 aromatic heterocycles. The van der Waals surface area contributed by atoms with Crippen molar-refractivity contribution in [2.24, 2.45) is 5.92 Å². The molecule has 3 aromatic rings. The second-order valence-corrected chi connectivity index (χ2v) is 8.36. The molecule has 0 bridgehead atoms. The Morgan fingerprint density at radius 2 is 2.03 bits per heavy atom. The van der Waals surface area contributed by atoms with Crippen LogP contribution in [0.25, 0.3) is 21.3 Å². The maximum absolute atomic E-state index is 14.3. The lowest BCUT2D eigenvalue weighted by molar-refractivity contribution is -0.143. The highest BCUT2D eigenvalue weighted by Gasteiger charge is 2.27. The molecule has 0 atom stereocenters. The van der Waals surface area contributed by atoms with E-state index in [-0.39, 0.29) is 36.4 Å². The Bertz CT molecular complexity index is 1200. The van der Waals surface area contributed by atoms with Crippen molar-refractivity contribution in [2.45, 2.75) is 19.8 Å². The number of fused-ring (bicyclic) bond motifs is 1. The highest BCUT2D eigenvalue weighted by Crippen LogP contribution is 2.33. The molecule has 0 unspecified atom stereocenters. The van der Waals surface area contributed by atoms with E-state index in [0.717, 1.165) is 0 Å². The van der Waals surface area contributed by atoms with Crippen molar-refractivity contribution in [3.05, 3.63) is 45.8 Å². The molecule has 0 aliphatic carbocycles. The predicted octanol–water partition coefficient (Wildman–Crippen LogP) is 2.69. The summed E-state index contributed by atoms with van der Waals surface area (Å²) in [5.41, 5.74) is 1.18. The second-order valence-electron chi connectivity index (χ2n) is 7.48. The van der Waals surface area contributed by atoms with Gasteiger partial charge in [0.05, 0.1) is 12.1 Å². The number of aromatic amines is 1. The van der Waals surface area contributed by atoms with Crippen LogP contribution in [0, 0.1) is 11.7 Å². The molecule has 1 amide bonds. The second kappa shape index (κ2) is 9.47. The van der Waals surface area contributed by atoms with Crippen LogP contribution in [0.5, 0.6) is 0 Å². The summed E-state index contributed by atoms with van der Waals surface area (Å²) in [5, 5.41) is 4.36. The summed E-state index contributed by atoms with van der Waals surface area (Å²) < 4.78 is 19.6. The van der Waals surface area contributed by atoms with Crippen molar-refractivity contribution in [2.75, 3.05) is 31.1 Å². The Labute approximate surface area is 187 Å². The quantitative estimate of drug-likeness (QED) is 0.551. The zero-order valence-corrected chi connectivity index (χ0v) is 18.3. The van der Waals surface area contributed by atoms with Crippen LogP contribution in [0.4, 0.5) is 10.3 Å². The summed E-state index contributed by atoms with van der Waals surface area (Å²) in [5.74, 6) is -0.843. The van der Waals surface area contributed by atoms with Crippen LogP contribution in [-0.4, -0.2) is 48.1 Å². The average molecular weight is 459 g/mol. The lowest BCUT2D eigenvalue weighted by Crippen LogP contribution is -2.42. The molecule has 8 nitrogen and oxygen atoms in total. The van der Waals surface area contributed by atoms with Crippen molar-refractivity contribution in [3.63, 3.8) is 0 Å². The van der Waals surface area contributed by atoms with Gasteiger partial charge < -0.3 is 15.0 Å². The molecule has 0 saturated carbocycles. The Morgan fingerprint density at radius 1 is 1.28 bits per heavy atom. The first kappa shape index (κ1) is 21.9. The molecule has 1 fully saturated rings. The fourth-order valence-corrected chi connectivity index (χ4v) is 4.71. The number of H-pyrrole nitrogens is 1. The van der Waals surface area contributed by atoms with Gasteiger partial charge in [0.15, 0.2) is 0 Å². The van der Waals surface area contributed by atoms with E-state index in [1.54, 1.807) is 30.5 Å². The number of amides is 1. The van der Waals surface area contributed by atoms with Gasteiger partial charge in [-0.15, -0.1) is 11.3 Å². The minimum absolute atomic E-state index is 0.143. The van der Waals surface area contributed by atoms with Crippen LogP contribution in [0.15, 0.2) is 34.4 Å². The first-order valence-electron chi connectivity index (χ1n) is 10.4. The standard InChI is InChI=1S/C22H23FN4O4S/c1-2-31-17(28)11-24-20(29)13-7-9-27(10-8-13)22-25-18-15(12-32-19(18)21(30)26-22)14-5-3-4-6-16(14)23/h3-6,12-13H,2,7-11H2,1H3,(H,24,29)(H,25,26,30). The van der Waals surface area contributed by atoms with E-state index in [4.69, 9.17) is 4.74 Å². The van der Waals surface area contributed by atoms with Crippen LogP contribution in [0.2, 0.25) is 0 Å². The number of carbonyl (C=O) groups is 2. The molecule has 1 aliphatic heterocycles.